The van der Waals surface area contributed by atoms with Gasteiger partial charge in [0.1, 0.15) is 0 Å². The number of aliphatic hydroxyl groups excluding tert-OH is 1. The molecule has 0 aliphatic rings. The molecule has 0 aliphatic heterocycles. The summed E-state index contributed by atoms with van der Waals surface area (Å²) in [5.74, 6) is 0. The van der Waals surface area contributed by atoms with E-state index in [1.165, 1.54) is 0 Å². The topological polar surface area (TPSA) is 72.6 Å². The van der Waals surface area contributed by atoms with Crippen LogP contribution in [-0.2, 0) is 10.3 Å². The lowest BCUT2D eigenvalue weighted by Gasteiger charge is -2.27. The van der Waals surface area contributed by atoms with E-state index in [4.69, 9.17) is 10.5 Å². The lowest BCUT2D eigenvalue weighted by Crippen LogP contribution is -2.35. The Morgan fingerprint density at radius 2 is 2.33 bits per heavy atom. The number of carbonyl (C=O) groups excluding carboxylic acids is 1. The molecule has 4 nitrogen and oxygen atoms in total. The molecule has 0 radical (unpaired) electrons. The summed E-state index contributed by atoms with van der Waals surface area (Å²) in [4.78, 5) is 10.7. The second-order valence-corrected chi connectivity index (χ2v) is 4.24. The van der Waals surface area contributed by atoms with Crippen molar-refractivity contribution in [3.05, 3.63) is 34.3 Å². The van der Waals surface area contributed by atoms with Crippen LogP contribution < -0.4 is 5.73 Å². The van der Waals surface area contributed by atoms with Crippen LogP contribution in [0.3, 0.4) is 0 Å². The highest BCUT2D eigenvalue weighted by Crippen LogP contribution is 2.26. The molecule has 1 amide bonds. The molecule has 0 aromatic heterocycles. The normalized spacial score (nSPS) is 14.3. The summed E-state index contributed by atoms with van der Waals surface area (Å²) in [6.45, 7) is 1.27. The third-order valence-electron chi connectivity index (χ3n) is 2.06. The van der Waals surface area contributed by atoms with E-state index in [-0.39, 0.29) is 6.61 Å². The van der Waals surface area contributed by atoms with Crippen LogP contribution in [0.2, 0.25) is 0 Å². The molecule has 0 aliphatic carbocycles. The Bertz CT molecular complexity index is 369. The molecular formula is C10H12BrNO3. The highest BCUT2D eigenvalue weighted by molar-refractivity contribution is 9.10. The number of hydrogen-bond donors (Lipinski definition) is 2. The highest BCUT2D eigenvalue weighted by atomic mass is 79.9. The molecule has 1 unspecified atom stereocenters. The zero-order valence-electron chi connectivity index (χ0n) is 8.24. The van der Waals surface area contributed by atoms with Gasteiger partial charge in [-0.25, -0.2) is 4.79 Å². The maximum atomic E-state index is 10.7. The molecular weight excluding hydrogens is 262 g/mol. The van der Waals surface area contributed by atoms with Crippen molar-refractivity contribution in [1.29, 1.82) is 0 Å². The molecule has 1 aromatic rings. The van der Waals surface area contributed by atoms with Crippen LogP contribution in [0.25, 0.3) is 0 Å². The van der Waals surface area contributed by atoms with E-state index in [1.807, 2.05) is 6.07 Å². The number of rotatable bonds is 3. The Labute approximate surface area is 96.2 Å². The minimum Gasteiger partial charge on any atom is -0.436 e. The number of nitrogens with two attached hydrogens (primary N) is 1. The molecule has 0 saturated heterocycles. The number of ether oxygens (including phenoxy) is 1. The van der Waals surface area contributed by atoms with Crippen molar-refractivity contribution in [3.8, 4) is 0 Å². The first-order chi connectivity index (χ1) is 6.98. The van der Waals surface area contributed by atoms with Gasteiger partial charge in [0.15, 0.2) is 5.60 Å². The first-order valence-corrected chi connectivity index (χ1v) is 5.12. The van der Waals surface area contributed by atoms with Crippen molar-refractivity contribution in [2.24, 2.45) is 5.73 Å². The molecule has 0 spiro atoms. The van der Waals surface area contributed by atoms with E-state index in [0.29, 0.717) is 5.56 Å². The van der Waals surface area contributed by atoms with Crippen LogP contribution in [0.5, 0.6) is 0 Å². The maximum absolute atomic E-state index is 10.7. The summed E-state index contributed by atoms with van der Waals surface area (Å²) < 4.78 is 5.74. The third kappa shape index (κ3) is 2.94. The van der Waals surface area contributed by atoms with Crippen molar-refractivity contribution in [3.63, 3.8) is 0 Å². The first kappa shape index (κ1) is 12.0. The lowest BCUT2D eigenvalue weighted by molar-refractivity contribution is -0.0166. The van der Waals surface area contributed by atoms with Gasteiger partial charge >= 0.3 is 6.09 Å². The fourth-order valence-electron chi connectivity index (χ4n) is 1.22. The van der Waals surface area contributed by atoms with Gasteiger partial charge in [-0.2, -0.15) is 0 Å². The molecule has 0 bridgehead atoms. The number of amides is 1. The average molecular weight is 274 g/mol. The van der Waals surface area contributed by atoms with Gasteiger partial charge in [-0.3, -0.25) is 0 Å². The zero-order chi connectivity index (χ0) is 11.5. The van der Waals surface area contributed by atoms with Gasteiger partial charge in [0.25, 0.3) is 0 Å². The predicted molar refractivity (Wildman–Crippen MR) is 59.2 cm³/mol. The molecule has 0 heterocycles. The van der Waals surface area contributed by atoms with Crippen molar-refractivity contribution >= 4 is 22.0 Å². The zero-order valence-corrected chi connectivity index (χ0v) is 9.82. The summed E-state index contributed by atoms with van der Waals surface area (Å²) in [5.41, 5.74) is 4.52. The minimum atomic E-state index is -1.10. The minimum absolute atomic E-state index is 0.327. The standard InChI is InChI=1S/C10H12BrNO3/c1-10(6-13,15-9(12)14)7-3-2-4-8(11)5-7/h2-5,13H,6H2,1H3,(H2,12,14). The number of hydrogen-bond acceptors (Lipinski definition) is 3. The quantitative estimate of drug-likeness (QED) is 0.882. The Morgan fingerprint density at radius 1 is 1.67 bits per heavy atom. The fourth-order valence-corrected chi connectivity index (χ4v) is 1.62. The second-order valence-electron chi connectivity index (χ2n) is 3.32. The van der Waals surface area contributed by atoms with E-state index in [0.717, 1.165) is 4.47 Å². The molecule has 82 valence electrons. The van der Waals surface area contributed by atoms with E-state index in [1.54, 1.807) is 25.1 Å². The van der Waals surface area contributed by atoms with Crippen LogP contribution in [0.15, 0.2) is 28.7 Å². The Morgan fingerprint density at radius 3 is 2.80 bits per heavy atom. The molecule has 0 fully saturated rings. The van der Waals surface area contributed by atoms with Crippen molar-refractivity contribution < 1.29 is 14.6 Å². The summed E-state index contributed by atoms with van der Waals surface area (Å²) in [6.07, 6.45) is -0.911. The maximum Gasteiger partial charge on any atom is 0.405 e. The van der Waals surface area contributed by atoms with Gasteiger partial charge < -0.3 is 15.6 Å². The number of benzene rings is 1. The van der Waals surface area contributed by atoms with Gasteiger partial charge in [0, 0.05) is 4.47 Å². The van der Waals surface area contributed by atoms with E-state index < -0.39 is 11.7 Å². The smallest absolute Gasteiger partial charge is 0.405 e. The molecule has 3 N–H and O–H groups in total. The van der Waals surface area contributed by atoms with Crippen LogP contribution in [0.1, 0.15) is 12.5 Å². The average Bonchev–Trinajstić information content (AvgIpc) is 2.16. The largest absolute Gasteiger partial charge is 0.436 e. The van der Waals surface area contributed by atoms with Crippen molar-refractivity contribution in [2.45, 2.75) is 12.5 Å². The van der Waals surface area contributed by atoms with Crippen molar-refractivity contribution in [1.82, 2.24) is 0 Å². The van der Waals surface area contributed by atoms with Crippen LogP contribution >= 0.6 is 15.9 Å². The van der Waals surface area contributed by atoms with Crippen LogP contribution in [-0.4, -0.2) is 17.8 Å². The molecule has 5 heteroatoms. The Kier molecular flexibility index (Phi) is 3.71. The van der Waals surface area contributed by atoms with Gasteiger partial charge in [-0.1, -0.05) is 28.1 Å². The summed E-state index contributed by atoms with van der Waals surface area (Å²) >= 11 is 3.30. The number of carbonyl (C=O) groups is 1. The van der Waals surface area contributed by atoms with E-state index in [2.05, 4.69) is 15.9 Å². The van der Waals surface area contributed by atoms with Crippen LogP contribution in [0, 0.1) is 0 Å². The van der Waals surface area contributed by atoms with Gasteiger partial charge in [0.05, 0.1) is 6.61 Å². The molecule has 0 saturated carbocycles. The van der Waals surface area contributed by atoms with Gasteiger partial charge in [-0.15, -0.1) is 0 Å². The monoisotopic (exact) mass is 273 g/mol. The molecule has 1 atom stereocenters. The first-order valence-electron chi connectivity index (χ1n) is 4.33. The SMILES string of the molecule is CC(CO)(OC(N)=O)c1cccc(Br)c1. The number of primary amides is 1. The third-order valence-corrected chi connectivity index (χ3v) is 2.56. The Hall–Kier alpha value is -1.07. The summed E-state index contributed by atoms with van der Waals surface area (Å²) in [6, 6.07) is 7.15. The van der Waals surface area contributed by atoms with Crippen molar-refractivity contribution in [2.75, 3.05) is 6.61 Å². The lowest BCUT2D eigenvalue weighted by atomic mass is 9.97. The fraction of sp³-hybridized carbons (Fsp3) is 0.300. The highest BCUT2D eigenvalue weighted by Gasteiger charge is 2.29. The predicted octanol–water partition coefficient (Wildman–Crippen LogP) is 1.75. The summed E-state index contributed by atoms with van der Waals surface area (Å²) in [7, 11) is 0. The van der Waals surface area contributed by atoms with Gasteiger partial charge in [-0.05, 0) is 24.6 Å². The summed E-state index contributed by atoms with van der Waals surface area (Å²) in [5, 5.41) is 9.23. The number of halogens is 1. The second kappa shape index (κ2) is 4.63. The molecule has 15 heavy (non-hydrogen) atoms. The van der Waals surface area contributed by atoms with E-state index >= 15 is 0 Å². The van der Waals surface area contributed by atoms with E-state index in [9.17, 15) is 9.90 Å². The van der Waals surface area contributed by atoms with Gasteiger partial charge in [0.2, 0.25) is 0 Å². The molecule has 1 aromatic carbocycles. The number of aliphatic hydroxyl groups is 1. The Balaban J connectivity index is 3.05. The van der Waals surface area contributed by atoms with Crippen LogP contribution in [0.4, 0.5) is 4.79 Å². The molecule has 1 rings (SSSR count).